The Morgan fingerprint density at radius 3 is 2.43 bits per heavy atom. The predicted octanol–water partition coefficient (Wildman–Crippen LogP) is -0.0777. The van der Waals surface area contributed by atoms with Crippen LogP contribution >= 0.6 is 11.8 Å². The summed E-state index contributed by atoms with van der Waals surface area (Å²) < 4.78 is 5.66. The summed E-state index contributed by atoms with van der Waals surface area (Å²) in [6.07, 6.45) is 0. The third-order valence-electron chi connectivity index (χ3n) is 5.32. The number of nitrogens with one attached hydrogen (secondary N) is 1. The zero-order valence-corrected chi connectivity index (χ0v) is 19.2. The lowest BCUT2D eigenvalue weighted by molar-refractivity contribution is -0.00000624. The summed E-state index contributed by atoms with van der Waals surface area (Å²) in [6.45, 7) is 6.05. The van der Waals surface area contributed by atoms with Crippen molar-refractivity contribution in [1.82, 2.24) is 19.4 Å². The maximum atomic E-state index is 13.4. The van der Waals surface area contributed by atoms with E-state index in [0.29, 0.717) is 5.69 Å². The van der Waals surface area contributed by atoms with Crippen LogP contribution in [0.2, 0.25) is 0 Å². The van der Waals surface area contributed by atoms with E-state index in [-0.39, 0.29) is 18.0 Å². The minimum atomic E-state index is -0.0389. The highest BCUT2D eigenvalue weighted by molar-refractivity contribution is 8.14. The molecule has 9 heteroatoms. The van der Waals surface area contributed by atoms with Crippen LogP contribution in [-0.4, -0.2) is 37.6 Å². The molecule has 3 aromatic rings. The largest absolute Gasteiger partial charge is 1.00 e. The Labute approximate surface area is 185 Å². The van der Waals surface area contributed by atoms with Crippen LogP contribution in [0.1, 0.15) is 22.6 Å². The molecule has 3 heterocycles. The maximum Gasteiger partial charge on any atom is 0.295 e. The van der Waals surface area contributed by atoms with Crippen molar-refractivity contribution in [3.05, 3.63) is 69.4 Å². The van der Waals surface area contributed by atoms with Crippen molar-refractivity contribution >= 4 is 22.6 Å². The van der Waals surface area contributed by atoms with E-state index >= 15 is 0 Å². The average Bonchev–Trinajstić information content (AvgIpc) is 3.14. The van der Waals surface area contributed by atoms with Crippen LogP contribution in [0.25, 0.3) is 11.4 Å². The van der Waals surface area contributed by atoms with Crippen LogP contribution in [0.5, 0.6) is 0 Å². The van der Waals surface area contributed by atoms with E-state index in [1.54, 1.807) is 23.5 Å². The zero-order chi connectivity index (χ0) is 20.7. The lowest BCUT2D eigenvalue weighted by Gasteiger charge is -2.14. The summed E-state index contributed by atoms with van der Waals surface area (Å²) in [5.74, 6) is 0.742. The van der Waals surface area contributed by atoms with Gasteiger partial charge in [-0.05, 0) is 39.0 Å². The molecule has 0 fully saturated rings. The zero-order valence-electron chi connectivity index (χ0n) is 17.6. The number of aromatic nitrogens is 3. The maximum absolute atomic E-state index is 13.4. The Morgan fingerprint density at radius 2 is 1.83 bits per heavy atom. The van der Waals surface area contributed by atoms with Crippen molar-refractivity contribution in [1.29, 1.82) is 0 Å². The van der Waals surface area contributed by atoms with Gasteiger partial charge in [-0.15, -0.1) is 0 Å². The average molecular weight is 444 g/mol. The van der Waals surface area contributed by atoms with E-state index in [0.717, 1.165) is 45.0 Å². The third-order valence-corrected chi connectivity index (χ3v) is 6.29. The van der Waals surface area contributed by atoms with Gasteiger partial charge in [-0.1, -0.05) is 30.0 Å². The predicted molar refractivity (Wildman–Crippen MR) is 120 cm³/mol. The smallest absolute Gasteiger partial charge is 0.295 e. The van der Waals surface area contributed by atoms with Gasteiger partial charge in [-0.2, -0.15) is 5.10 Å². The van der Waals surface area contributed by atoms with Gasteiger partial charge in [0.2, 0.25) is 0 Å². The number of hydrazone groups is 1. The highest BCUT2D eigenvalue weighted by Gasteiger charge is 2.24. The van der Waals surface area contributed by atoms with Gasteiger partial charge in [-0.25, -0.2) is 4.68 Å². The van der Waals surface area contributed by atoms with Crippen molar-refractivity contribution in [2.24, 2.45) is 17.1 Å². The fourth-order valence-corrected chi connectivity index (χ4v) is 4.51. The van der Waals surface area contributed by atoms with E-state index in [1.807, 2.05) is 67.4 Å². The number of para-hydroxylation sites is 1. The van der Waals surface area contributed by atoms with Gasteiger partial charge >= 0.3 is 0 Å². The number of hydrogen-bond acceptors (Lipinski definition) is 4. The molecule has 0 aliphatic carbocycles. The van der Waals surface area contributed by atoms with Crippen molar-refractivity contribution in [2.45, 2.75) is 20.8 Å². The van der Waals surface area contributed by atoms with Gasteiger partial charge in [-0.3, -0.25) is 19.9 Å². The fraction of sp³-hybridized carbons (Fsp3) is 0.286. The van der Waals surface area contributed by atoms with E-state index in [9.17, 15) is 4.79 Å². The monoisotopic (exact) mass is 443 g/mol. The number of halogens is 1. The summed E-state index contributed by atoms with van der Waals surface area (Å²) in [7, 11) is 3.66. The molecule has 1 N–H and O–H groups in total. The second-order valence-electron chi connectivity index (χ2n) is 7.02. The Balaban J connectivity index is 0.00000256. The quantitative estimate of drug-likeness (QED) is 0.615. The van der Waals surface area contributed by atoms with Gasteiger partial charge in [0.1, 0.15) is 5.69 Å². The number of aryl methyl sites for hydroxylation is 1. The Hall–Kier alpha value is -2.71. The van der Waals surface area contributed by atoms with Crippen LogP contribution in [0.4, 0.5) is 0 Å². The molecule has 0 saturated heterocycles. The number of amidine groups is 1. The van der Waals surface area contributed by atoms with Crippen molar-refractivity contribution in [3.8, 4) is 11.4 Å². The van der Waals surface area contributed by atoms with E-state index in [2.05, 4.69) is 21.6 Å². The molecule has 1 aliphatic heterocycles. The molecule has 2 aromatic heterocycles. The van der Waals surface area contributed by atoms with Crippen molar-refractivity contribution in [3.63, 3.8) is 0 Å². The molecule has 7 nitrogen and oxygen atoms in total. The molecule has 0 spiro atoms. The SMILES string of the molecule is CN=C1NN=C(c2cc(C)n(-c3c(C)n(C)n(-c4ccccc4)c3=O)c2C)CS1.[Cl-]. The molecule has 0 bridgehead atoms. The first-order valence-corrected chi connectivity index (χ1v) is 10.4. The highest BCUT2D eigenvalue weighted by Crippen LogP contribution is 2.25. The van der Waals surface area contributed by atoms with Gasteiger partial charge in [0.05, 0.1) is 17.1 Å². The number of nitrogens with zero attached hydrogens (tertiary/aromatic N) is 5. The Morgan fingerprint density at radius 1 is 1.13 bits per heavy atom. The summed E-state index contributed by atoms with van der Waals surface area (Å²) >= 11 is 1.62. The Bertz CT molecular complexity index is 1200. The molecule has 0 amide bonds. The summed E-state index contributed by atoms with van der Waals surface area (Å²) in [5, 5.41) is 5.30. The molecule has 0 atom stereocenters. The Kier molecular flexibility index (Phi) is 6.28. The van der Waals surface area contributed by atoms with Crippen LogP contribution < -0.4 is 23.4 Å². The molecule has 0 radical (unpaired) electrons. The topological polar surface area (TPSA) is 68.6 Å². The lowest BCUT2D eigenvalue weighted by atomic mass is 10.1. The molecule has 1 aliphatic rings. The molecule has 1 aromatic carbocycles. The molecular weight excluding hydrogens is 420 g/mol. The van der Waals surface area contributed by atoms with Crippen LogP contribution in [0.15, 0.2) is 51.3 Å². The second kappa shape index (κ2) is 8.57. The minimum absolute atomic E-state index is 0. The number of rotatable bonds is 3. The number of benzene rings is 1. The molecule has 30 heavy (non-hydrogen) atoms. The number of hydrogen-bond donors (Lipinski definition) is 1. The van der Waals surface area contributed by atoms with Gasteiger partial charge in [0, 0.05) is 36.8 Å². The van der Waals surface area contributed by atoms with Crippen LogP contribution in [0.3, 0.4) is 0 Å². The second-order valence-corrected chi connectivity index (χ2v) is 7.98. The summed E-state index contributed by atoms with van der Waals surface area (Å²) in [6, 6.07) is 11.8. The van der Waals surface area contributed by atoms with Gasteiger partial charge in [0.15, 0.2) is 5.17 Å². The van der Waals surface area contributed by atoms with Crippen molar-refractivity contribution < 1.29 is 12.4 Å². The van der Waals surface area contributed by atoms with E-state index < -0.39 is 0 Å². The molecule has 4 rings (SSSR count). The van der Waals surface area contributed by atoms with E-state index in [4.69, 9.17) is 0 Å². The first-order chi connectivity index (χ1) is 13.9. The van der Waals surface area contributed by atoms with Crippen LogP contribution in [0, 0.1) is 20.8 Å². The summed E-state index contributed by atoms with van der Waals surface area (Å²) in [4.78, 5) is 17.6. The minimum Gasteiger partial charge on any atom is -1.00 e. The van der Waals surface area contributed by atoms with Gasteiger partial charge < -0.3 is 17.0 Å². The standard InChI is InChI=1S/C21H24N6OS.ClH/c1-13-11-17(18-12-29-21(22-4)24-23-18)14(2)26(13)19-15(3)25(5)27(20(19)28)16-9-7-6-8-10-16;/h6-11H,12H2,1-5H3,(H,22,24);1H/p-1. The molecule has 0 saturated carbocycles. The number of aliphatic imine (C=N–C) groups is 1. The molecular formula is C21H24ClN6OS-. The highest BCUT2D eigenvalue weighted by atomic mass is 35.5. The third kappa shape index (κ3) is 3.50. The van der Waals surface area contributed by atoms with Gasteiger partial charge in [0.25, 0.3) is 5.56 Å². The fourth-order valence-electron chi connectivity index (χ4n) is 3.78. The normalized spacial score (nSPS) is 15.0. The molecule has 0 unspecified atom stereocenters. The van der Waals surface area contributed by atoms with E-state index in [1.165, 1.54) is 0 Å². The van der Waals surface area contributed by atoms with Crippen molar-refractivity contribution in [2.75, 3.05) is 12.8 Å². The first-order valence-electron chi connectivity index (χ1n) is 9.40. The first kappa shape index (κ1) is 22.0. The van der Waals surface area contributed by atoms with Crippen LogP contribution in [-0.2, 0) is 7.05 Å². The number of thioether (sulfide) groups is 1. The lowest BCUT2D eigenvalue weighted by Crippen LogP contribution is -3.00. The summed E-state index contributed by atoms with van der Waals surface area (Å²) in [5.41, 5.74) is 9.40. The molecule has 158 valence electrons.